The second kappa shape index (κ2) is 6.98. The van der Waals surface area contributed by atoms with Gasteiger partial charge in [0.25, 0.3) is 0 Å². The Morgan fingerprint density at radius 1 is 1.53 bits per heavy atom. The SMILES string of the molecule is COCCC1(CNCc2cn(CCCO)nn2)CC1. The molecule has 0 aromatic carbocycles. The van der Waals surface area contributed by atoms with Gasteiger partial charge in [0, 0.05) is 46.2 Å². The number of hydrogen-bond acceptors (Lipinski definition) is 5. The second-order valence-electron chi connectivity index (χ2n) is 5.40. The van der Waals surface area contributed by atoms with Crippen LogP contribution in [-0.4, -0.2) is 47.0 Å². The minimum absolute atomic E-state index is 0.190. The highest BCUT2D eigenvalue weighted by Gasteiger charge is 2.41. The van der Waals surface area contributed by atoms with Crippen molar-refractivity contribution in [3.05, 3.63) is 11.9 Å². The molecule has 1 aromatic rings. The molecule has 1 saturated carbocycles. The molecule has 0 unspecified atom stereocenters. The largest absolute Gasteiger partial charge is 0.396 e. The van der Waals surface area contributed by atoms with E-state index < -0.39 is 0 Å². The maximum atomic E-state index is 8.76. The summed E-state index contributed by atoms with van der Waals surface area (Å²) in [6, 6.07) is 0. The molecule has 2 N–H and O–H groups in total. The lowest BCUT2D eigenvalue weighted by Gasteiger charge is -2.14. The summed E-state index contributed by atoms with van der Waals surface area (Å²) in [5.41, 5.74) is 1.42. The maximum Gasteiger partial charge on any atom is 0.0964 e. The van der Waals surface area contributed by atoms with Gasteiger partial charge in [-0.2, -0.15) is 0 Å². The molecule has 108 valence electrons. The van der Waals surface area contributed by atoms with Crippen molar-refractivity contribution in [2.24, 2.45) is 5.41 Å². The first-order chi connectivity index (χ1) is 9.28. The molecule has 6 heteroatoms. The van der Waals surface area contributed by atoms with Gasteiger partial charge in [0.05, 0.1) is 5.69 Å². The zero-order valence-corrected chi connectivity index (χ0v) is 11.6. The molecule has 1 fully saturated rings. The van der Waals surface area contributed by atoms with Gasteiger partial charge in [0.1, 0.15) is 0 Å². The number of methoxy groups -OCH3 is 1. The van der Waals surface area contributed by atoms with Crippen LogP contribution >= 0.6 is 0 Å². The Morgan fingerprint density at radius 2 is 2.37 bits per heavy atom. The average Bonchev–Trinajstić information content (AvgIpc) is 3.04. The summed E-state index contributed by atoms with van der Waals surface area (Å²) >= 11 is 0. The molecule has 0 radical (unpaired) electrons. The van der Waals surface area contributed by atoms with Crippen LogP contribution in [0.3, 0.4) is 0 Å². The Hall–Kier alpha value is -0.980. The van der Waals surface area contributed by atoms with E-state index in [0.29, 0.717) is 5.41 Å². The van der Waals surface area contributed by atoms with E-state index in [9.17, 15) is 0 Å². The summed E-state index contributed by atoms with van der Waals surface area (Å²) < 4.78 is 6.93. The molecule has 1 aliphatic carbocycles. The monoisotopic (exact) mass is 268 g/mol. The number of aliphatic hydroxyl groups excluding tert-OH is 1. The van der Waals surface area contributed by atoms with Gasteiger partial charge < -0.3 is 15.2 Å². The molecule has 1 heterocycles. The number of aliphatic hydroxyl groups is 1. The van der Waals surface area contributed by atoms with E-state index >= 15 is 0 Å². The van der Waals surface area contributed by atoms with E-state index in [-0.39, 0.29) is 6.61 Å². The third-order valence-electron chi connectivity index (χ3n) is 3.73. The fraction of sp³-hybridized carbons (Fsp3) is 0.846. The van der Waals surface area contributed by atoms with Crippen molar-refractivity contribution in [1.82, 2.24) is 20.3 Å². The Kier molecular flexibility index (Phi) is 5.30. The molecular weight excluding hydrogens is 244 g/mol. The molecule has 2 rings (SSSR count). The topological polar surface area (TPSA) is 72.2 Å². The number of nitrogens with zero attached hydrogens (tertiary/aromatic N) is 3. The molecule has 0 bridgehead atoms. The highest BCUT2D eigenvalue weighted by atomic mass is 16.5. The second-order valence-corrected chi connectivity index (χ2v) is 5.40. The molecule has 0 atom stereocenters. The van der Waals surface area contributed by atoms with Gasteiger partial charge in [0.15, 0.2) is 0 Å². The van der Waals surface area contributed by atoms with E-state index in [1.54, 1.807) is 11.8 Å². The lowest BCUT2D eigenvalue weighted by molar-refractivity contribution is 0.171. The van der Waals surface area contributed by atoms with Crippen molar-refractivity contribution in [3.63, 3.8) is 0 Å². The zero-order chi connectivity index (χ0) is 13.6. The third-order valence-corrected chi connectivity index (χ3v) is 3.73. The van der Waals surface area contributed by atoms with Crippen molar-refractivity contribution in [1.29, 1.82) is 0 Å². The van der Waals surface area contributed by atoms with Crippen LogP contribution < -0.4 is 5.32 Å². The minimum atomic E-state index is 0.190. The molecule has 6 nitrogen and oxygen atoms in total. The predicted molar refractivity (Wildman–Crippen MR) is 71.6 cm³/mol. The van der Waals surface area contributed by atoms with Gasteiger partial charge in [0.2, 0.25) is 0 Å². The van der Waals surface area contributed by atoms with E-state index in [0.717, 1.165) is 44.8 Å². The zero-order valence-electron chi connectivity index (χ0n) is 11.6. The molecule has 0 spiro atoms. The van der Waals surface area contributed by atoms with Crippen LogP contribution in [-0.2, 0) is 17.8 Å². The lowest BCUT2D eigenvalue weighted by Crippen LogP contribution is -2.24. The van der Waals surface area contributed by atoms with E-state index in [1.807, 2.05) is 6.20 Å². The normalized spacial score (nSPS) is 16.7. The Balaban J connectivity index is 1.66. The van der Waals surface area contributed by atoms with Crippen molar-refractivity contribution >= 4 is 0 Å². The van der Waals surface area contributed by atoms with Crippen LogP contribution in [0.1, 0.15) is 31.4 Å². The van der Waals surface area contributed by atoms with Crippen molar-refractivity contribution in [3.8, 4) is 0 Å². The molecule has 1 aliphatic rings. The predicted octanol–water partition coefficient (Wildman–Crippen LogP) is 0.567. The summed E-state index contributed by atoms with van der Waals surface area (Å²) in [5, 5.41) is 20.4. The van der Waals surface area contributed by atoms with Gasteiger partial charge in [-0.1, -0.05) is 5.21 Å². The first kappa shape index (κ1) is 14.4. The number of aryl methyl sites for hydroxylation is 1. The third kappa shape index (κ3) is 4.56. The van der Waals surface area contributed by atoms with Gasteiger partial charge in [-0.15, -0.1) is 5.10 Å². The summed E-state index contributed by atoms with van der Waals surface area (Å²) in [6.45, 7) is 3.55. The fourth-order valence-corrected chi connectivity index (χ4v) is 2.23. The lowest BCUT2D eigenvalue weighted by atomic mass is 10.0. The smallest absolute Gasteiger partial charge is 0.0964 e. The first-order valence-corrected chi connectivity index (χ1v) is 6.97. The van der Waals surface area contributed by atoms with Gasteiger partial charge in [-0.05, 0) is 31.1 Å². The van der Waals surface area contributed by atoms with Crippen molar-refractivity contribution < 1.29 is 9.84 Å². The van der Waals surface area contributed by atoms with Crippen LogP contribution in [0.25, 0.3) is 0 Å². The average molecular weight is 268 g/mol. The molecule has 0 amide bonds. The standard InChI is InChI=1S/C13H24N4O2/c1-19-8-5-13(3-4-13)11-14-9-12-10-17(16-15-12)6-2-7-18/h10,14,18H,2-9,11H2,1H3. The molecule has 19 heavy (non-hydrogen) atoms. The van der Waals surface area contributed by atoms with E-state index in [2.05, 4.69) is 15.6 Å². The molecule has 1 aromatic heterocycles. The van der Waals surface area contributed by atoms with Gasteiger partial charge >= 0.3 is 0 Å². The quantitative estimate of drug-likeness (QED) is 0.649. The highest BCUT2D eigenvalue weighted by Crippen LogP contribution is 2.48. The number of hydrogen-bond donors (Lipinski definition) is 2. The Bertz CT molecular complexity index is 376. The number of ether oxygens (including phenoxy) is 1. The fourth-order valence-electron chi connectivity index (χ4n) is 2.23. The number of aromatic nitrogens is 3. The molecular formula is C13H24N4O2. The van der Waals surface area contributed by atoms with Crippen molar-refractivity contribution in [2.45, 2.75) is 38.8 Å². The summed E-state index contributed by atoms with van der Waals surface area (Å²) in [7, 11) is 1.76. The molecule has 0 aliphatic heterocycles. The van der Waals surface area contributed by atoms with Gasteiger partial charge in [-0.25, -0.2) is 0 Å². The number of rotatable bonds is 10. The van der Waals surface area contributed by atoms with E-state index in [1.165, 1.54) is 12.8 Å². The van der Waals surface area contributed by atoms with Crippen molar-refractivity contribution in [2.75, 3.05) is 26.9 Å². The number of nitrogens with one attached hydrogen (secondary N) is 1. The summed E-state index contributed by atoms with van der Waals surface area (Å²) in [6.07, 6.45) is 6.40. The van der Waals surface area contributed by atoms with Crippen LogP contribution in [0.2, 0.25) is 0 Å². The van der Waals surface area contributed by atoms with Gasteiger partial charge in [-0.3, -0.25) is 4.68 Å². The summed E-state index contributed by atoms with van der Waals surface area (Å²) in [4.78, 5) is 0. The summed E-state index contributed by atoms with van der Waals surface area (Å²) in [5.74, 6) is 0. The van der Waals surface area contributed by atoms with Crippen LogP contribution in [0.4, 0.5) is 0 Å². The maximum absolute atomic E-state index is 8.76. The Morgan fingerprint density at radius 3 is 3.05 bits per heavy atom. The van der Waals surface area contributed by atoms with Crippen LogP contribution in [0.15, 0.2) is 6.20 Å². The van der Waals surface area contributed by atoms with Crippen LogP contribution in [0, 0.1) is 5.41 Å². The highest BCUT2D eigenvalue weighted by molar-refractivity contribution is 4.97. The van der Waals surface area contributed by atoms with E-state index in [4.69, 9.17) is 9.84 Å². The Labute approximate surface area is 114 Å². The minimum Gasteiger partial charge on any atom is -0.396 e. The first-order valence-electron chi connectivity index (χ1n) is 6.97. The molecule has 0 saturated heterocycles. The van der Waals surface area contributed by atoms with Crippen LogP contribution in [0.5, 0.6) is 0 Å².